The zero-order valence-electron chi connectivity index (χ0n) is 15.4. The lowest BCUT2D eigenvalue weighted by Crippen LogP contribution is -2.36. The van der Waals surface area contributed by atoms with Gasteiger partial charge in [0.1, 0.15) is 5.69 Å². The summed E-state index contributed by atoms with van der Waals surface area (Å²) in [6.45, 7) is 4.82. The van der Waals surface area contributed by atoms with Gasteiger partial charge in [-0.2, -0.15) is 0 Å². The summed E-state index contributed by atoms with van der Waals surface area (Å²) in [5, 5.41) is 2.83. The van der Waals surface area contributed by atoms with Crippen molar-refractivity contribution in [3.05, 3.63) is 53.6 Å². The Morgan fingerprint density at radius 2 is 1.81 bits per heavy atom. The number of anilines is 1. The number of carbonyl (C=O) groups is 2. The molecule has 7 nitrogen and oxygen atoms in total. The molecule has 1 aromatic carbocycles. The van der Waals surface area contributed by atoms with E-state index in [1.165, 1.54) is 6.20 Å². The van der Waals surface area contributed by atoms with Gasteiger partial charge >= 0.3 is 0 Å². The SMILES string of the molecule is COCCN(CCC(=O)Nc1ccc(C)cc1)C(=O)c1cnc(C)cn1. The second-order valence-corrected chi connectivity index (χ2v) is 5.99. The van der Waals surface area contributed by atoms with Crippen LogP contribution in [0.15, 0.2) is 36.7 Å². The van der Waals surface area contributed by atoms with E-state index in [-0.39, 0.29) is 30.5 Å². The quantitative estimate of drug-likeness (QED) is 0.784. The number of rotatable bonds is 8. The highest BCUT2D eigenvalue weighted by atomic mass is 16.5. The Morgan fingerprint density at radius 3 is 2.42 bits per heavy atom. The third kappa shape index (κ3) is 5.93. The second-order valence-electron chi connectivity index (χ2n) is 5.99. The minimum Gasteiger partial charge on any atom is -0.383 e. The van der Waals surface area contributed by atoms with Gasteiger partial charge < -0.3 is 15.0 Å². The zero-order chi connectivity index (χ0) is 18.9. The monoisotopic (exact) mass is 356 g/mol. The number of ether oxygens (including phenoxy) is 1. The number of benzene rings is 1. The topological polar surface area (TPSA) is 84.4 Å². The van der Waals surface area contributed by atoms with Crippen molar-refractivity contribution in [3.63, 3.8) is 0 Å². The molecule has 0 saturated carbocycles. The number of nitrogens with zero attached hydrogens (tertiary/aromatic N) is 3. The number of methoxy groups -OCH3 is 1. The van der Waals surface area contributed by atoms with Crippen LogP contribution in [0.4, 0.5) is 5.69 Å². The Balaban J connectivity index is 1.95. The summed E-state index contributed by atoms with van der Waals surface area (Å²) in [4.78, 5) is 34.5. The molecule has 0 aliphatic heterocycles. The highest BCUT2D eigenvalue weighted by molar-refractivity contribution is 5.93. The van der Waals surface area contributed by atoms with Gasteiger partial charge in [-0.3, -0.25) is 14.6 Å². The summed E-state index contributed by atoms with van der Waals surface area (Å²) in [6.07, 6.45) is 3.18. The van der Waals surface area contributed by atoms with Crippen LogP contribution in [0.1, 0.15) is 28.2 Å². The van der Waals surface area contributed by atoms with Gasteiger partial charge in [-0.25, -0.2) is 4.98 Å². The molecule has 26 heavy (non-hydrogen) atoms. The van der Waals surface area contributed by atoms with Crippen molar-refractivity contribution < 1.29 is 14.3 Å². The fraction of sp³-hybridized carbons (Fsp3) is 0.368. The summed E-state index contributed by atoms with van der Waals surface area (Å²) in [6, 6.07) is 7.56. The molecule has 0 fully saturated rings. The van der Waals surface area contributed by atoms with Gasteiger partial charge in [-0.1, -0.05) is 17.7 Å². The fourth-order valence-electron chi connectivity index (χ4n) is 2.28. The van der Waals surface area contributed by atoms with E-state index >= 15 is 0 Å². The number of aromatic nitrogens is 2. The fourth-order valence-corrected chi connectivity index (χ4v) is 2.28. The van der Waals surface area contributed by atoms with Crippen molar-refractivity contribution in [2.75, 3.05) is 32.1 Å². The Morgan fingerprint density at radius 1 is 1.08 bits per heavy atom. The standard InChI is InChI=1S/C19H24N4O3/c1-14-4-6-16(7-5-14)22-18(24)8-9-23(10-11-26-3)19(25)17-13-20-15(2)12-21-17/h4-7,12-13H,8-11H2,1-3H3,(H,22,24). The molecule has 0 aliphatic rings. The summed E-state index contributed by atoms with van der Waals surface area (Å²) in [7, 11) is 1.57. The smallest absolute Gasteiger partial charge is 0.274 e. The molecular weight excluding hydrogens is 332 g/mol. The highest BCUT2D eigenvalue weighted by Crippen LogP contribution is 2.09. The molecule has 138 valence electrons. The maximum absolute atomic E-state index is 12.6. The third-order valence-electron chi connectivity index (χ3n) is 3.80. The minimum atomic E-state index is -0.266. The maximum Gasteiger partial charge on any atom is 0.274 e. The van der Waals surface area contributed by atoms with Gasteiger partial charge in [0.05, 0.1) is 18.5 Å². The van der Waals surface area contributed by atoms with E-state index in [2.05, 4.69) is 15.3 Å². The molecule has 2 amide bonds. The van der Waals surface area contributed by atoms with Crippen molar-refractivity contribution in [1.29, 1.82) is 0 Å². The third-order valence-corrected chi connectivity index (χ3v) is 3.80. The number of aryl methyl sites for hydroxylation is 2. The Hall–Kier alpha value is -2.80. The average Bonchev–Trinajstić information content (AvgIpc) is 2.64. The van der Waals surface area contributed by atoms with Crippen LogP contribution in [0.3, 0.4) is 0 Å². The molecule has 2 aromatic rings. The number of nitrogens with one attached hydrogen (secondary N) is 1. The molecule has 0 aliphatic carbocycles. The Kier molecular flexibility index (Phi) is 7.23. The van der Waals surface area contributed by atoms with Crippen molar-refractivity contribution in [2.45, 2.75) is 20.3 Å². The van der Waals surface area contributed by atoms with Crippen molar-refractivity contribution in [2.24, 2.45) is 0 Å². The van der Waals surface area contributed by atoms with E-state index in [1.54, 1.807) is 25.1 Å². The summed E-state index contributed by atoms with van der Waals surface area (Å²) in [5.74, 6) is -0.420. The van der Waals surface area contributed by atoms with Crippen molar-refractivity contribution in [3.8, 4) is 0 Å². The minimum absolute atomic E-state index is 0.154. The van der Waals surface area contributed by atoms with Gasteiger partial charge in [-0.05, 0) is 26.0 Å². The van der Waals surface area contributed by atoms with E-state index < -0.39 is 0 Å². The van der Waals surface area contributed by atoms with E-state index in [9.17, 15) is 9.59 Å². The van der Waals surface area contributed by atoms with E-state index in [0.29, 0.717) is 13.2 Å². The first-order valence-electron chi connectivity index (χ1n) is 8.43. The van der Waals surface area contributed by atoms with Crippen LogP contribution in [0.5, 0.6) is 0 Å². The molecule has 2 rings (SSSR count). The highest BCUT2D eigenvalue weighted by Gasteiger charge is 2.18. The van der Waals surface area contributed by atoms with E-state index in [1.807, 2.05) is 31.2 Å². The average molecular weight is 356 g/mol. The van der Waals surface area contributed by atoms with Gasteiger partial charge in [0, 0.05) is 38.5 Å². The largest absolute Gasteiger partial charge is 0.383 e. The lowest BCUT2D eigenvalue weighted by atomic mass is 10.2. The van der Waals surface area contributed by atoms with Crippen LogP contribution in [-0.2, 0) is 9.53 Å². The summed E-state index contributed by atoms with van der Waals surface area (Å²) >= 11 is 0. The lowest BCUT2D eigenvalue weighted by molar-refractivity contribution is -0.116. The number of amides is 2. The summed E-state index contributed by atoms with van der Waals surface area (Å²) < 4.78 is 5.06. The molecule has 1 N–H and O–H groups in total. The van der Waals surface area contributed by atoms with E-state index in [4.69, 9.17) is 4.74 Å². The predicted octanol–water partition coefficient (Wildman–Crippen LogP) is 2.21. The second kappa shape index (κ2) is 9.62. The number of hydrogen-bond acceptors (Lipinski definition) is 5. The van der Waals surface area contributed by atoms with Gasteiger partial charge in [0.2, 0.25) is 5.91 Å². The van der Waals surface area contributed by atoms with Crippen LogP contribution < -0.4 is 5.32 Å². The molecule has 0 atom stereocenters. The Labute approximate surface area is 153 Å². The van der Waals surface area contributed by atoms with Crippen LogP contribution in [0.25, 0.3) is 0 Å². The molecule has 7 heteroatoms. The van der Waals surface area contributed by atoms with Gasteiger partial charge in [-0.15, -0.1) is 0 Å². The van der Waals surface area contributed by atoms with Gasteiger partial charge in [0.15, 0.2) is 0 Å². The molecule has 1 heterocycles. The predicted molar refractivity (Wildman–Crippen MR) is 99.0 cm³/mol. The molecule has 0 radical (unpaired) electrons. The van der Waals surface area contributed by atoms with Crippen molar-refractivity contribution >= 4 is 17.5 Å². The molecule has 0 bridgehead atoms. The summed E-state index contributed by atoms with van der Waals surface area (Å²) in [5.41, 5.74) is 2.85. The molecular formula is C19H24N4O3. The lowest BCUT2D eigenvalue weighted by Gasteiger charge is -2.21. The Bertz CT molecular complexity index is 729. The first-order chi connectivity index (χ1) is 12.5. The molecule has 0 spiro atoms. The van der Waals surface area contributed by atoms with E-state index in [0.717, 1.165) is 16.9 Å². The normalized spacial score (nSPS) is 10.4. The van der Waals surface area contributed by atoms with Crippen LogP contribution in [0.2, 0.25) is 0 Å². The molecule has 0 unspecified atom stereocenters. The maximum atomic E-state index is 12.6. The van der Waals surface area contributed by atoms with Crippen LogP contribution >= 0.6 is 0 Å². The molecule has 0 saturated heterocycles. The number of hydrogen-bond donors (Lipinski definition) is 1. The number of carbonyl (C=O) groups excluding carboxylic acids is 2. The zero-order valence-corrected chi connectivity index (χ0v) is 15.4. The van der Waals surface area contributed by atoms with Crippen LogP contribution in [0, 0.1) is 13.8 Å². The van der Waals surface area contributed by atoms with Crippen LogP contribution in [-0.4, -0.2) is 53.5 Å². The van der Waals surface area contributed by atoms with Gasteiger partial charge in [0.25, 0.3) is 5.91 Å². The van der Waals surface area contributed by atoms with Crippen molar-refractivity contribution in [1.82, 2.24) is 14.9 Å². The first kappa shape index (κ1) is 19.5. The first-order valence-corrected chi connectivity index (χ1v) is 8.43. The molecule has 1 aromatic heterocycles.